The van der Waals surface area contributed by atoms with Crippen LogP contribution in [0.5, 0.6) is 0 Å². The molecule has 2 heterocycles. The predicted molar refractivity (Wildman–Crippen MR) is 123 cm³/mol. The largest absolute Gasteiger partial charge is 0.362 e. The molecule has 3 amide bonds. The Morgan fingerprint density at radius 3 is 2.69 bits per heavy atom. The Balaban J connectivity index is 1.44. The highest BCUT2D eigenvalue weighted by molar-refractivity contribution is 6.02. The topological polar surface area (TPSA) is 90.5 Å². The monoisotopic (exact) mass is 434 g/mol. The number of benzene rings is 2. The van der Waals surface area contributed by atoms with Crippen LogP contribution in [0.2, 0.25) is 0 Å². The van der Waals surface area contributed by atoms with E-state index in [4.69, 9.17) is 0 Å². The lowest BCUT2D eigenvalue weighted by Gasteiger charge is -2.40. The fraction of sp³-hybridized carbons (Fsp3) is 0.400. The van der Waals surface area contributed by atoms with E-state index in [1.807, 2.05) is 56.3 Å². The molecule has 7 heteroatoms. The summed E-state index contributed by atoms with van der Waals surface area (Å²) in [7, 11) is 0. The Morgan fingerprint density at radius 2 is 1.91 bits per heavy atom. The summed E-state index contributed by atoms with van der Waals surface area (Å²) in [4.78, 5) is 40.1. The average molecular weight is 435 g/mol. The summed E-state index contributed by atoms with van der Waals surface area (Å²) in [6.45, 7) is 6.56. The molecular formula is C25H30N4O3. The highest BCUT2D eigenvalue weighted by Crippen LogP contribution is 2.32. The van der Waals surface area contributed by atoms with Crippen molar-refractivity contribution in [2.45, 2.75) is 58.3 Å². The number of amides is 3. The number of hydrogen-bond donors (Lipinski definition) is 3. The molecule has 2 aliphatic rings. The molecule has 0 aliphatic carbocycles. The lowest BCUT2D eigenvalue weighted by Crippen LogP contribution is -2.58. The number of aryl methyl sites for hydroxylation is 2. The second kappa shape index (κ2) is 8.65. The normalized spacial score (nSPS) is 21.3. The van der Waals surface area contributed by atoms with Gasteiger partial charge in [-0.15, -0.1) is 0 Å². The number of likely N-dealkylation sites (tertiary alicyclic amines) is 1. The van der Waals surface area contributed by atoms with Crippen molar-refractivity contribution >= 4 is 23.4 Å². The summed E-state index contributed by atoms with van der Waals surface area (Å²) in [5, 5.41) is 9.51. The van der Waals surface area contributed by atoms with Crippen LogP contribution in [-0.4, -0.2) is 40.9 Å². The molecule has 7 nitrogen and oxygen atoms in total. The van der Waals surface area contributed by atoms with E-state index in [9.17, 15) is 14.4 Å². The minimum Gasteiger partial charge on any atom is -0.362 e. The van der Waals surface area contributed by atoms with Crippen molar-refractivity contribution in [3.8, 4) is 0 Å². The molecule has 2 aromatic rings. The summed E-state index contributed by atoms with van der Waals surface area (Å²) in [5.74, 6) is -0.394. The van der Waals surface area contributed by atoms with Crippen molar-refractivity contribution in [3.05, 3.63) is 64.7 Å². The smallest absolute Gasteiger partial charge is 0.255 e. The second-order valence-electron chi connectivity index (χ2n) is 8.87. The molecule has 1 fully saturated rings. The van der Waals surface area contributed by atoms with Crippen molar-refractivity contribution < 1.29 is 14.4 Å². The van der Waals surface area contributed by atoms with Crippen LogP contribution in [-0.2, 0) is 16.1 Å². The lowest BCUT2D eigenvalue weighted by atomic mass is 9.94. The van der Waals surface area contributed by atoms with Gasteiger partial charge < -0.3 is 20.9 Å². The zero-order valence-electron chi connectivity index (χ0n) is 18.8. The summed E-state index contributed by atoms with van der Waals surface area (Å²) in [6, 6.07) is 13.0. The van der Waals surface area contributed by atoms with Crippen LogP contribution in [0.4, 0.5) is 5.69 Å². The van der Waals surface area contributed by atoms with E-state index in [0.29, 0.717) is 31.5 Å². The number of carbonyl (C=O) groups is 3. The van der Waals surface area contributed by atoms with Gasteiger partial charge in [0.25, 0.3) is 5.91 Å². The van der Waals surface area contributed by atoms with Gasteiger partial charge in [-0.2, -0.15) is 0 Å². The van der Waals surface area contributed by atoms with E-state index in [0.717, 1.165) is 22.4 Å². The van der Waals surface area contributed by atoms with Crippen LogP contribution in [0.25, 0.3) is 0 Å². The summed E-state index contributed by atoms with van der Waals surface area (Å²) < 4.78 is 0. The lowest BCUT2D eigenvalue weighted by molar-refractivity contribution is -0.139. The fourth-order valence-electron chi connectivity index (χ4n) is 4.50. The van der Waals surface area contributed by atoms with Crippen LogP contribution in [0.3, 0.4) is 0 Å². The van der Waals surface area contributed by atoms with Crippen molar-refractivity contribution in [1.29, 1.82) is 0 Å². The number of anilines is 1. The Hall–Kier alpha value is -3.35. The molecule has 0 aromatic heterocycles. The number of nitrogens with zero attached hydrogens (tertiary/aromatic N) is 1. The zero-order chi connectivity index (χ0) is 22.9. The van der Waals surface area contributed by atoms with Gasteiger partial charge in [0, 0.05) is 31.6 Å². The first-order valence-corrected chi connectivity index (χ1v) is 11.1. The Morgan fingerprint density at radius 1 is 1.12 bits per heavy atom. The maximum atomic E-state index is 12.9. The highest BCUT2D eigenvalue weighted by Gasteiger charge is 2.41. The van der Waals surface area contributed by atoms with Crippen LogP contribution in [0, 0.1) is 13.8 Å². The maximum Gasteiger partial charge on any atom is 0.255 e. The zero-order valence-corrected chi connectivity index (χ0v) is 18.8. The molecular weight excluding hydrogens is 404 g/mol. The SMILES string of the molecule is Cc1ccc2c(c1)NC1(CCC(=O)N(C(C)C(=O)NCc3ccccc3C)CC1)NC2=O. The maximum absolute atomic E-state index is 12.9. The predicted octanol–water partition coefficient (Wildman–Crippen LogP) is 2.87. The van der Waals surface area contributed by atoms with Crippen LogP contribution >= 0.6 is 0 Å². The molecule has 1 saturated heterocycles. The molecule has 0 radical (unpaired) electrons. The summed E-state index contributed by atoms with van der Waals surface area (Å²) >= 11 is 0. The van der Waals surface area contributed by atoms with E-state index >= 15 is 0 Å². The molecule has 0 saturated carbocycles. The van der Waals surface area contributed by atoms with E-state index in [2.05, 4.69) is 16.0 Å². The number of nitrogens with one attached hydrogen (secondary N) is 3. The van der Waals surface area contributed by atoms with Crippen LogP contribution < -0.4 is 16.0 Å². The van der Waals surface area contributed by atoms with Crippen molar-refractivity contribution in [2.24, 2.45) is 0 Å². The second-order valence-corrected chi connectivity index (χ2v) is 8.87. The van der Waals surface area contributed by atoms with Gasteiger partial charge in [-0.1, -0.05) is 30.3 Å². The molecule has 2 unspecified atom stereocenters. The molecule has 1 spiro atoms. The van der Waals surface area contributed by atoms with E-state index < -0.39 is 11.7 Å². The van der Waals surface area contributed by atoms with Gasteiger partial charge in [0.15, 0.2) is 0 Å². The number of carbonyl (C=O) groups excluding carboxylic acids is 3. The standard InChI is InChI=1S/C25H30N4O3/c1-16-8-9-20-21(14-16)27-25(28-24(20)32)11-10-22(30)29(13-12-25)18(3)23(31)26-15-19-7-5-4-6-17(19)2/h4-9,14,18,27H,10-13,15H2,1-3H3,(H,26,31)(H,28,32). The van der Waals surface area contributed by atoms with Gasteiger partial charge in [0.2, 0.25) is 11.8 Å². The molecule has 3 N–H and O–H groups in total. The quantitative estimate of drug-likeness (QED) is 0.690. The minimum absolute atomic E-state index is 0.0773. The third kappa shape index (κ3) is 4.33. The summed E-state index contributed by atoms with van der Waals surface area (Å²) in [5.41, 5.74) is 3.93. The first-order valence-electron chi connectivity index (χ1n) is 11.1. The molecule has 4 rings (SSSR count). The Kier molecular flexibility index (Phi) is 5.91. The number of hydrogen-bond acceptors (Lipinski definition) is 4. The van der Waals surface area contributed by atoms with E-state index in [1.165, 1.54) is 0 Å². The minimum atomic E-state index is -0.695. The van der Waals surface area contributed by atoms with Crippen molar-refractivity contribution in [2.75, 3.05) is 11.9 Å². The highest BCUT2D eigenvalue weighted by atomic mass is 16.2. The molecule has 2 aromatic carbocycles. The van der Waals surface area contributed by atoms with Gasteiger partial charge in [-0.05, 0) is 56.0 Å². The van der Waals surface area contributed by atoms with Crippen molar-refractivity contribution in [3.63, 3.8) is 0 Å². The van der Waals surface area contributed by atoms with Gasteiger partial charge in [0.05, 0.1) is 5.56 Å². The van der Waals surface area contributed by atoms with Crippen LogP contribution in [0.1, 0.15) is 53.2 Å². The van der Waals surface area contributed by atoms with E-state index in [-0.39, 0.29) is 24.1 Å². The third-order valence-electron chi connectivity index (χ3n) is 6.57. The van der Waals surface area contributed by atoms with Gasteiger partial charge in [-0.3, -0.25) is 14.4 Å². The first kappa shape index (κ1) is 21.9. The molecule has 32 heavy (non-hydrogen) atoms. The molecule has 2 aliphatic heterocycles. The molecule has 2 atom stereocenters. The fourth-order valence-corrected chi connectivity index (χ4v) is 4.50. The molecule has 0 bridgehead atoms. The summed E-state index contributed by atoms with van der Waals surface area (Å²) in [6.07, 6.45) is 1.25. The number of fused-ring (bicyclic) bond motifs is 1. The first-order chi connectivity index (χ1) is 15.3. The van der Waals surface area contributed by atoms with Crippen LogP contribution in [0.15, 0.2) is 42.5 Å². The Bertz CT molecular complexity index is 1070. The third-order valence-corrected chi connectivity index (χ3v) is 6.57. The van der Waals surface area contributed by atoms with Gasteiger partial charge in [0.1, 0.15) is 11.7 Å². The van der Waals surface area contributed by atoms with Gasteiger partial charge >= 0.3 is 0 Å². The molecule has 168 valence electrons. The number of rotatable bonds is 4. The van der Waals surface area contributed by atoms with Gasteiger partial charge in [-0.25, -0.2) is 0 Å². The van der Waals surface area contributed by atoms with E-state index in [1.54, 1.807) is 11.8 Å². The van der Waals surface area contributed by atoms with Crippen molar-refractivity contribution in [1.82, 2.24) is 15.5 Å². The Labute approximate surface area is 188 Å². The average Bonchev–Trinajstić information content (AvgIpc) is 2.91.